The van der Waals surface area contributed by atoms with Gasteiger partial charge in [-0.05, 0) is 19.4 Å². The Labute approximate surface area is 121 Å². The number of aliphatic hydroxyl groups is 1. The summed E-state index contributed by atoms with van der Waals surface area (Å²) in [6.45, 7) is 3.60. The van der Waals surface area contributed by atoms with Crippen molar-refractivity contribution in [2.24, 2.45) is 7.05 Å². The lowest BCUT2D eigenvalue weighted by atomic mass is 10.00. The Balaban J connectivity index is 2.10. The molecular formula is C13H17N5O3. The van der Waals surface area contributed by atoms with Crippen molar-refractivity contribution in [2.45, 2.75) is 19.4 Å². The van der Waals surface area contributed by atoms with Crippen LogP contribution in [-0.4, -0.2) is 31.3 Å². The molecule has 21 heavy (non-hydrogen) atoms. The lowest BCUT2D eigenvalue weighted by molar-refractivity contribution is -0.385. The molecule has 2 N–H and O–H groups in total. The summed E-state index contributed by atoms with van der Waals surface area (Å²) >= 11 is 0. The molecule has 0 amide bonds. The van der Waals surface area contributed by atoms with Crippen LogP contribution < -0.4 is 5.32 Å². The number of hydrogen-bond acceptors (Lipinski definition) is 6. The normalized spacial score (nSPS) is 13.7. The van der Waals surface area contributed by atoms with E-state index in [1.54, 1.807) is 38.0 Å². The molecule has 112 valence electrons. The Morgan fingerprint density at radius 1 is 1.52 bits per heavy atom. The highest BCUT2D eigenvalue weighted by Gasteiger charge is 2.25. The van der Waals surface area contributed by atoms with Gasteiger partial charge in [-0.2, -0.15) is 5.10 Å². The van der Waals surface area contributed by atoms with E-state index >= 15 is 0 Å². The van der Waals surface area contributed by atoms with Gasteiger partial charge in [0.1, 0.15) is 17.6 Å². The topological polar surface area (TPSA) is 106 Å². The van der Waals surface area contributed by atoms with Crippen molar-refractivity contribution < 1.29 is 10.0 Å². The van der Waals surface area contributed by atoms with E-state index in [0.717, 1.165) is 0 Å². The molecular weight excluding hydrogens is 274 g/mol. The SMILES string of the molecule is Cc1cc([N+](=O)[O-])cnc1NC[C@@](C)(O)c1cnn(C)c1. The molecule has 0 unspecified atom stereocenters. The molecule has 0 aliphatic rings. The summed E-state index contributed by atoms with van der Waals surface area (Å²) in [5.41, 5.74) is 0.143. The Hall–Kier alpha value is -2.48. The predicted molar refractivity (Wildman–Crippen MR) is 76.9 cm³/mol. The summed E-state index contributed by atoms with van der Waals surface area (Å²) < 4.78 is 1.61. The zero-order chi connectivity index (χ0) is 15.6. The third-order valence-electron chi connectivity index (χ3n) is 3.20. The molecule has 2 rings (SSSR count). The molecule has 1 atom stereocenters. The highest BCUT2D eigenvalue weighted by atomic mass is 16.6. The van der Waals surface area contributed by atoms with Gasteiger partial charge in [-0.15, -0.1) is 0 Å². The van der Waals surface area contributed by atoms with Crippen molar-refractivity contribution in [3.05, 3.63) is 45.9 Å². The molecule has 2 heterocycles. The molecule has 8 nitrogen and oxygen atoms in total. The highest BCUT2D eigenvalue weighted by molar-refractivity contribution is 5.48. The molecule has 0 saturated heterocycles. The third-order valence-corrected chi connectivity index (χ3v) is 3.20. The number of nitro groups is 1. The van der Waals surface area contributed by atoms with Crippen molar-refractivity contribution in [3.63, 3.8) is 0 Å². The van der Waals surface area contributed by atoms with Crippen LogP contribution in [0.1, 0.15) is 18.1 Å². The first-order chi connectivity index (χ1) is 9.79. The predicted octanol–water partition coefficient (Wildman–Crippen LogP) is 1.35. The molecule has 0 bridgehead atoms. The average Bonchev–Trinajstić information content (AvgIpc) is 2.84. The van der Waals surface area contributed by atoms with Gasteiger partial charge >= 0.3 is 0 Å². The fourth-order valence-corrected chi connectivity index (χ4v) is 1.90. The maximum Gasteiger partial charge on any atom is 0.287 e. The number of rotatable bonds is 5. The number of hydrogen-bond donors (Lipinski definition) is 2. The quantitative estimate of drug-likeness (QED) is 0.636. The first kappa shape index (κ1) is 14.9. The van der Waals surface area contributed by atoms with Crippen LogP contribution in [-0.2, 0) is 12.6 Å². The smallest absolute Gasteiger partial charge is 0.287 e. The van der Waals surface area contributed by atoms with E-state index < -0.39 is 10.5 Å². The first-order valence-corrected chi connectivity index (χ1v) is 6.36. The van der Waals surface area contributed by atoms with Gasteiger partial charge in [0.25, 0.3) is 5.69 Å². The molecule has 0 fully saturated rings. The van der Waals surface area contributed by atoms with Crippen LogP contribution in [0.25, 0.3) is 0 Å². The summed E-state index contributed by atoms with van der Waals surface area (Å²) in [6, 6.07) is 1.44. The molecule has 0 aliphatic heterocycles. The maximum atomic E-state index is 10.7. The van der Waals surface area contributed by atoms with E-state index in [4.69, 9.17) is 0 Å². The molecule has 2 aromatic heterocycles. The second kappa shape index (κ2) is 5.49. The van der Waals surface area contributed by atoms with Crippen molar-refractivity contribution in [1.82, 2.24) is 14.8 Å². The number of nitrogens with one attached hydrogen (secondary N) is 1. The van der Waals surface area contributed by atoms with Gasteiger partial charge in [0.15, 0.2) is 0 Å². The zero-order valence-electron chi connectivity index (χ0n) is 12.1. The number of aromatic nitrogens is 3. The van der Waals surface area contributed by atoms with Crippen molar-refractivity contribution >= 4 is 11.5 Å². The third kappa shape index (κ3) is 3.34. The van der Waals surface area contributed by atoms with Crippen LogP contribution in [0.4, 0.5) is 11.5 Å². The van der Waals surface area contributed by atoms with Gasteiger partial charge in [0.2, 0.25) is 0 Å². The van der Waals surface area contributed by atoms with Crippen LogP contribution in [0.15, 0.2) is 24.7 Å². The monoisotopic (exact) mass is 291 g/mol. The zero-order valence-corrected chi connectivity index (χ0v) is 12.1. The minimum absolute atomic E-state index is 0.0583. The fraction of sp³-hybridized carbons (Fsp3) is 0.385. The van der Waals surface area contributed by atoms with Gasteiger partial charge in [-0.3, -0.25) is 14.8 Å². The lowest BCUT2D eigenvalue weighted by Crippen LogP contribution is -2.30. The number of anilines is 1. The maximum absolute atomic E-state index is 10.7. The minimum Gasteiger partial charge on any atom is -0.383 e. The second-order valence-electron chi connectivity index (χ2n) is 5.15. The van der Waals surface area contributed by atoms with E-state index in [1.807, 2.05) is 0 Å². The van der Waals surface area contributed by atoms with Crippen LogP contribution in [0.2, 0.25) is 0 Å². The van der Waals surface area contributed by atoms with Gasteiger partial charge in [0.05, 0.1) is 11.1 Å². The highest BCUT2D eigenvalue weighted by Crippen LogP contribution is 2.22. The van der Waals surface area contributed by atoms with Gasteiger partial charge in [0, 0.05) is 31.4 Å². The first-order valence-electron chi connectivity index (χ1n) is 6.36. The van der Waals surface area contributed by atoms with Crippen LogP contribution in [0, 0.1) is 17.0 Å². The number of pyridine rings is 1. The van der Waals surface area contributed by atoms with Gasteiger partial charge < -0.3 is 10.4 Å². The van der Waals surface area contributed by atoms with Crippen molar-refractivity contribution in [2.75, 3.05) is 11.9 Å². The molecule has 8 heteroatoms. The average molecular weight is 291 g/mol. The van der Waals surface area contributed by atoms with Gasteiger partial charge in [-0.1, -0.05) is 0 Å². The molecule has 0 aliphatic carbocycles. The van der Waals surface area contributed by atoms with E-state index in [-0.39, 0.29) is 12.2 Å². The van der Waals surface area contributed by atoms with Crippen LogP contribution in [0.5, 0.6) is 0 Å². The fourth-order valence-electron chi connectivity index (χ4n) is 1.90. The largest absolute Gasteiger partial charge is 0.383 e. The summed E-state index contributed by atoms with van der Waals surface area (Å²) in [5.74, 6) is 0.504. The van der Waals surface area contributed by atoms with E-state index in [1.165, 1.54) is 12.3 Å². The molecule has 0 saturated carbocycles. The second-order valence-corrected chi connectivity index (χ2v) is 5.15. The number of nitrogens with zero attached hydrogens (tertiary/aromatic N) is 4. The molecule has 0 aromatic carbocycles. The molecule has 2 aromatic rings. The Morgan fingerprint density at radius 2 is 2.24 bits per heavy atom. The van der Waals surface area contributed by atoms with E-state index in [9.17, 15) is 15.2 Å². The summed E-state index contributed by atoms with van der Waals surface area (Å²) in [6.07, 6.45) is 4.52. The molecule has 0 spiro atoms. The Kier molecular flexibility index (Phi) is 3.90. The number of aryl methyl sites for hydroxylation is 2. The summed E-state index contributed by atoms with van der Waals surface area (Å²) in [4.78, 5) is 14.2. The standard InChI is InChI=1S/C13H17N5O3/c1-9-4-11(18(20)21)6-14-12(9)15-8-13(2,19)10-5-16-17(3)7-10/h4-7,19H,8H2,1-3H3,(H,14,15)/t13-/m1/s1. The lowest BCUT2D eigenvalue weighted by Gasteiger charge is -2.23. The van der Waals surface area contributed by atoms with Crippen molar-refractivity contribution in [3.8, 4) is 0 Å². The van der Waals surface area contributed by atoms with E-state index in [0.29, 0.717) is 16.9 Å². The van der Waals surface area contributed by atoms with Crippen LogP contribution in [0.3, 0.4) is 0 Å². The Bertz CT molecular complexity index is 666. The van der Waals surface area contributed by atoms with Crippen molar-refractivity contribution in [1.29, 1.82) is 0 Å². The summed E-state index contributed by atoms with van der Waals surface area (Å²) in [7, 11) is 1.77. The molecule has 0 radical (unpaired) electrons. The van der Waals surface area contributed by atoms with Crippen LogP contribution >= 0.6 is 0 Å². The van der Waals surface area contributed by atoms with E-state index in [2.05, 4.69) is 15.4 Å². The Morgan fingerprint density at radius 3 is 2.76 bits per heavy atom. The summed E-state index contributed by atoms with van der Waals surface area (Å²) in [5, 5.41) is 28.1. The van der Waals surface area contributed by atoms with Gasteiger partial charge in [-0.25, -0.2) is 4.98 Å². The minimum atomic E-state index is -1.12.